The molecule has 0 aliphatic carbocycles. The third-order valence-electron chi connectivity index (χ3n) is 5.88. The lowest BCUT2D eigenvalue weighted by molar-refractivity contribution is -0.126. The van der Waals surface area contributed by atoms with E-state index in [0.29, 0.717) is 22.5 Å². The number of nitrogens with zero attached hydrogens (tertiary/aromatic N) is 2. The van der Waals surface area contributed by atoms with Crippen LogP contribution in [0.2, 0.25) is 0 Å². The van der Waals surface area contributed by atoms with Gasteiger partial charge >= 0.3 is 5.97 Å². The number of imide groups is 1. The molecular weight excluding hydrogens is 427 g/mol. The summed E-state index contributed by atoms with van der Waals surface area (Å²) >= 11 is 0. The van der Waals surface area contributed by atoms with Crippen molar-refractivity contribution in [1.29, 1.82) is 0 Å². The van der Waals surface area contributed by atoms with Crippen LogP contribution >= 0.6 is 0 Å². The van der Waals surface area contributed by atoms with E-state index in [4.69, 9.17) is 9.57 Å². The molecule has 2 aliphatic rings. The normalized spacial score (nSPS) is 21.9. The van der Waals surface area contributed by atoms with Gasteiger partial charge in [-0.15, -0.1) is 0 Å². The molecule has 2 amide bonds. The van der Waals surface area contributed by atoms with E-state index in [1.165, 1.54) is 43.5 Å². The molecule has 7 nitrogen and oxygen atoms in total. The number of carbonyl (C=O) groups excluding carboxylic acids is 3. The Morgan fingerprint density at radius 2 is 1.55 bits per heavy atom. The Morgan fingerprint density at radius 3 is 2.18 bits per heavy atom. The maximum Gasteiger partial charge on any atom is 0.337 e. The van der Waals surface area contributed by atoms with Gasteiger partial charge in [0.1, 0.15) is 11.7 Å². The van der Waals surface area contributed by atoms with E-state index in [-0.39, 0.29) is 0 Å². The molecule has 2 heterocycles. The van der Waals surface area contributed by atoms with Crippen molar-refractivity contribution in [2.75, 3.05) is 17.1 Å². The van der Waals surface area contributed by atoms with Crippen molar-refractivity contribution in [1.82, 2.24) is 0 Å². The first-order valence-electron chi connectivity index (χ1n) is 10.3. The number of halogens is 1. The lowest BCUT2D eigenvalue weighted by Crippen LogP contribution is -2.37. The highest BCUT2D eigenvalue weighted by Crippen LogP contribution is 2.47. The molecule has 0 unspecified atom stereocenters. The summed E-state index contributed by atoms with van der Waals surface area (Å²) in [5.74, 6) is -2.68. The van der Waals surface area contributed by atoms with Crippen molar-refractivity contribution in [2.45, 2.75) is 12.1 Å². The molecule has 0 aromatic heterocycles. The molecule has 166 valence electrons. The van der Waals surface area contributed by atoms with Crippen LogP contribution in [0, 0.1) is 11.7 Å². The lowest BCUT2D eigenvalue weighted by Gasteiger charge is -2.28. The topological polar surface area (TPSA) is 76.2 Å². The maximum atomic E-state index is 13.6. The van der Waals surface area contributed by atoms with Crippen LogP contribution in [-0.4, -0.2) is 31.0 Å². The highest BCUT2D eigenvalue weighted by molar-refractivity contribution is 6.24. The lowest BCUT2D eigenvalue weighted by atomic mass is 9.90. The fourth-order valence-corrected chi connectivity index (χ4v) is 4.33. The first kappa shape index (κ1) is 20.8. The predicted octanol–water partition coefficient (Wildman–Crippen LogP) is 3.66. The molecule has 2 fully saturated rings. The van der Waals surface area contributed by atoms with Crippen molar-refractivity contribution in [3.63, 3.8) is 0 Å². The number of para-hydroxylation sites is 1. The third kappa shape index (κ3) is 3.44. The Morgan fingerprint density at radius 1 is 0.879 bits per heavy atom. The summed E-state index contributed by atoms with van der Waals surface area (Å²) in [6, 6.07) is 20.3. The quantitative estimate of drug-likeness (QED) is 0.450. The summed E-state index contributed by atoms with van der Waals surface area (Å²) in [4.78, 5) is 45.6. The number of anilines is 2. The summed E-state index contributed by atoms with van der Waals surface area (Å²) in [6.45, 7) is 0. The maximum absolute atomic E-state index is 13.6. The molecule has 8 heteroatoms. The zero-order chi connectivity index (χ0) is 23.1. The molecule has 0 spiro atoms. The summed E-state index contributed by atoms with van der Waals surface area (Å²) in [5.41, 5.74) is 1.96. The van der Waals surface area contributed by atoms with Crippen molar-refractivity contribution in [3.05, 3.63) is 95.8 Å². The minimum Gasteiger partial charge on any atom is -0.465 e. The first-order valence-corrected chi connectivity index (χ1v) is 10.3. The van der Waals surface area contributed by atoms with Crippen LogP contribution in [0.15, 0.2) is 78.9 Å². The number of methoxy groups -OCH3 is 1. The molecule has 0 saturated carbocycles. The van der Waals surface area contributed by atoms with Crippen LogP contribution in [0.3, 0.4) is 0 Å². The van der Waals surface area contributed by atoms with Crippen LogP contribution < -0.4 is 9.96 Å². The smallest absolute Gasteiger partial charge is 0.337 e. The van der Waals surface area contributed by atoms with Crippen molar-refractivity contribution >= 4 is 29.2 Å². The number of hydrogen-bond donors (Lipinski definition) is 0. The van der Waals surface area contributed by atoms with Gasteiger partial charge < -0.3 is 4.74 Å². The number of carbonyl (C=O) groups is 3. The van der Waals surface area contributed by atoms with Crippen LogP contribution in [0.25, 0.3) is 0 Å². The summed E-state index contributed by atoms with van der Waals surface area (Å²) in [7, 11) is 1.27. The van der Waals surface area contributed by atoms with Gasteiger partial charge in [-0.2, -0.15) is 0 Å². The summed E-state index contributed by atoms with van der Waals surface area (Å²) in [5, 5.41) is 1.55. The Hall–Kier alpha value is -4.04. The number of hydrogen-bond acceptors (Lipinski definition) is 6. The van der Waals surface area contributed by atoms with Gasteiger partial charge in [-0.05, 0) is 54.1 Å². The van der Waals surface area contributed by atoms with Crippen LogP contribution in [0.5, 0.6) is 0 Å². The minimum atomic E-state index is -1.03. The van der Waals surface area contributed by atoms with E-state index >= 15 is 0 Å². The first-order chi connectivity index (χ1) is 16.0. The van der Waals surface area contributed by atoms with Crippen molar-refractivity contribution in [3.8, 4) is 0 Å². The Labute approximate surface area is 188 Å². The van der Waals surface area contributed by atoms with Gasteiger partial charge in [0.25, 0.3) is 5.91 Å². The fourth-order valence-electron chi connectivity index (χ4n) is 4.33. The molecule has 0 radical (unpaired) electrons. The van der Waals surface area contributed by atoms with E-state index in [1.807, 2.05) is 30.3 Å². The molecule has 3 aromatic carbocycles. The van der Waals surface area contributed by atoms with Crippen LogP contribution in [-0.2, 0) is 19.2 Å². The van der Waals surface area contributed by atoms with Gasteiger partial charge in [-0.1, -0.05) is 30.3 Å². The van der Waals surface area contributed by atoms with Crippen LogP contribution in [0.4, 0.5) is 15.8 Å². The summed E-state index contributed by atoms with van der Waals surface area (Å²) in [6.07, 6.45) is -1.03. The van der Waals surface area contributed by atoms with Crippen molar-refractivity contribution < 1.29 is 28.3 Å². The number of ether oxygens (including phenoxy) is 1. The van der Waals surface area contributed by atoms with E-state index in [1.54, 1.807) is 17.2 Å². The van der Waals surface area contributed by atoms with Gasteiger partial charge in [0.15, 0.2) is 6.10 Å². The third-order valence-corrected chi connectivity index (χ3v) is 5.88. The highest BCUT2D eigenvalue weighted by atomic mass is 19.1. The molecule has 33 heavy (non-hydrogen) atoms. The largest absolute Gasteiger partial charge is 0.465 e. The van der Waals surface area contributed by atoms with E-state index in [2.05, 4.69) is 0 Å². The second kappa shape index (κ2) is 8.14. The second-order valence-electron chi connectivity index (χ2n) is 7.76. The highest BCUT2D eigenvalue weighted by Gasteiger charge is 2.60. The SMILES string of the molecule is COC(=O)c1ccc(N2C(=O)[C@H]3[C@@H](c4ccc(F)cc4)N(c4ccccc4)O[C@H]3C2=O)cc1. The number of benzene rings is 3. The number of hydroxylamine groups is 1. The standard InChI is InChI=1S/C25H19FN2O5/c1-32-25(31)16-9-13-18(14-10-16)27-23(29)20-21(15-7-11-17(26)12-8-15)28(33-22(20)24(27)30)19-5-3-2-4-6-19/h2-14,20-22H,1H3/t20-,21+,22+/m0/s1. The van der Waals surface area contributed by atoms with Gasteiger partial charge in [-0.25, -0.2) is 19.1 Å². The van der Waals surface area contributed by atoms with E-state index < -0.39 is 41.7 Å². The van der Waals surface area contributed by atoms with Gasteiger partial charge in [0, 0.05) is 0 Å². The fraction of sp³-hybridized carbons (Fsp3) is 0.160. The minimum absolute atomic E-state index is 0.302. The average Bonchev–Trinajstić information content (AvgIpc) is 3.36. The van der Waals surface area contributed by atoms with Gasteiger partial charge in [0.2, 0.25) is 5.91 Å². The Bertz CT molecular complexity index is 1210. The molecule has 0 bridgehead atoms. The number of amides is 2. The zero-order valence-electron chi connectivity index (χ0n) is 17.6. The molecule has 3 atom stereocenters. The van der Waals surface area contributed by atoms with Crippen molar-refractivity contribution in [2.24, 2.45) is 5.92 Å². The second-order valence-corrected chi connectivity index (χ2v) is 7.76. The van der Waals surface area contributed by atoms with E-state index in [0.717, 1.165) is 4.90 Å². The number of rotatable bonds is 4. The summed E-state index contributed by atoms with van der Waals surface area (Å²) < 4.78 is 18.3. The Balaban J connectivity index is 1.53. The monoisotopic (exact) mass is 446 g/mol. The Kier molecular flexibility index (Phi) is 5.14. The average molecular weight is 446 g/mol. The van der Waals surface area contributed by atoms with Gasteiger partial charge in [-0.3, -0.25) is 14.4 Å². The molecular formula is C25H19FN2O5. The molecule has 3 aromatic rings. The number of fused-ring (bicyclic) bond motifs is 1. The molecule has 0 N–H and O–H groups in total. The van der Waals surface area contributed by atoms with E-state index in [9.17, 15) is 18.8 Å². The van der Waals surface area contributed by atoms with Gasteiger partial charge in [0.05, 0.1) is 30.1 Å². The molecule has 2 saturated heterocycles. The molecule has 5 rings (SSSR count). The predicted molar refractivity (Wildman–Crippen MR) is 117 cm³/mol. The number of esters is 1. The molecule has 2 aliphatic heterocycles. The zero-order valence-corrected chi connectivity index (χ0v) is 17.6. The van der Waals surface area contributed by atoms with Crippen LogP contribution in [0.1, 0.15) is 22.0 Å².